The summed E-state index contributed by atoms with van der Waals surface area (Å²) in [5.41, 5.74) is 1.47. The Bertz CT molecular complexity index is 543. The minimum atomic E-state index is -0.192. The van der Waals surface area contributed by atoms with Gasteiger partial charge in [0.2, 0.25) is 0 Å². The fraction of sp³-hybridized carbons (Fsp3) is 0.357. The third kappa shape index (κ3) is 5.53. The number of nitrogens with zero attached hydrogens (tertiary/aromatic N) is 3. The highest BCUT2D eigenvalue weighted by Gasteiger charge is 2.09. The number of rotatable bonds is 7. The van der Waals surface area contributed by atoms with E-state index in [1.165, 1.54) is 0 Å². The van der Waals surface area contributed by atoms with Crippen molar-refractivity contribution in [2.45, 2.75) is 13.5 Å². The van der Waals surface area contributed by atoms with Crippen molar-refractivity contribution in [1.82, 2.24) is 25.6 Å². The predicted octanol–water partition coefficient (Wildman–Crippen LogP) is 1.09. The fourth-order valence-corrected chi connectivity index (χ4v) is 1.78. The van der Waals surface area contributed by atoms with Crippen LogP contribution in [-0.4, -0.2) is 40.5 Å². The second kappa shape index (κ2) is 9.10. The van der Waals surface area contributed by atoms with E-state index in [4.69, 9.17) is 0 Å². The molecule has 0 saturated carbocycles. The molecule has 0 aliphatic carbocycles. The van der Waals surface area contributed by atoms with Gasteiger partial charge in [-0.15, -0.1) is 17.5 Å². The SMILES string of the molecule is CCNCCNC(=O)c1cn(Cc2ccccc2)nn1.Cl. The summed E-state index contributed by atoms with van der Waals surface area (Å²) in [6, 6.07) is 9.94. The monoisotopic (exact) mass is 309 g/mol. The molecule has 7 heteroatoms. The molecule has 21 heavy (non-hydrogen) atoms. The van der Waals surface area contributed by atoms with E-state index in [2.05, 4.69) is 20.9 Å². The lowest BCUT2D eigenvalue weighted by molar-refractivity contribution is 0.0949. The molecular weight excluding hydrogens is 290 g/mol. The molecule has 6 nitrogen and oxygen atoms in total. The van der Waals surface area contributed by atoms with Crippen molar-refractivity contribution in [3.8, 4) is 0 Å². The van der Waals surface area contributed by atoms with Gasteiger partial charge in [-0.25, -0.2) is 4.68 Å². The highest BCUT2D eigenvalue weighted by Crippen LogP contribution is 2.02. The summed E-state index contributed by atoms with van der Waals surface area (Å²) in [6.07, 6.45) is 1.66. The lowest BCUT2D eigenvalue weighted by atomic mass is 10.2. The second-order valence-electron chi connectivity index (χ2n) is 4.40. The van der Waals surface area contributed by atoms with Gasteiger partial charge >= 0.3 is 0 Å². The molecular formula is C14H20ClN5O. The maximum Gasteiger partial charge on any atom is 0.273 e. The normalized spacial score (nSPS) is 9.95. The van der Waals surface area contributed by atoms with Crippen LogP contribution in [0.2, 0.25) is 0 Å². The number of halogens is 1. The van der Waals surface area contributed by atoms with Gasteiger partial charge in [0, 0.05) is 13.1 Å². The summed E-state index contributed by atoms with van der Waals surface area (Å²) in [5.74, 6) is -0.192. The third-order valence-corrected chi connectivity index (χ3v) is 2.80. The van der Waals surface area contributed by atoms with Crippen LogP contribution in [0.4, 0.5) is 0 Å². The molecule has 1 aromatic heterocycles. The van der Waals surface area contributed by atoms with Crippen molar-refractivity contribution in [3.05, 3.63) is 47.8 Å². The Balaban J connectivity index is 0.00000220. The van der Waals surface area contributed by atoms with Crippen LogP contribution in [0.3, 0.4) is 0 Å². The van der Waals surface area contributed by atoms with Crippen LogP contribution in [0.1, 0.15) is 23.0 Å². The number of hydrogen-bond donors (Lipinski definition) is 2. The molecule has 1 aromatic carbocycles. The molecule has 2 aromatic rings. The quantitative estimate of drug-likeness (QED) is 0.751. The first-order valence-corrected chi connectivity index (χ1v) is 6.72. The van der Waals surface area contributed by atoms with E-state index in [9.17, 15) is 4.79 Å². The van der Waals surface area contributed by atoms with Gasteiger partial charge < -0.3 is 10.6 Å². The van der Waals surface area contributed by atoms with E-state index in [1.807, 2.05) is 37.3 Å². The Labute approximate surface area is 130 Å². The molecule has 2 rings (SSSR count). The molecule has 0 unspecified atom stereocenters. The van der Waals surface area contributed by atoms with E-state index < -0.39 is 0 Å². The van der Waals surface area contributed by atoms with Crippen LogP contribution in [0.25, 0.3) is 0 Å². The van der Waals surface area contributed by atoms with Crippen LogP contribution in [0, 0.1) is 0 Å². The molecule has 0 fully saturated rings. The van der Waals surface area contributed by atoms with Crippen LogP contribution in [0.15, 0.2) is 36.5 Å². The van der Waals surface area contributed by atoms with Crippen molar-refractivity contribution in [2.75, 3.05) is 19.6 Å². The highest BCUT2D eigenvalue weighted by molar-refractivity contribution is 5.91. The zero-order valence-electron chi connectivity index (χ0n) is 12.0. The Morgan fingerprint density at radius 2 is 2.00 bits per heavy atom. The van der Waals surface area contributed by atoms with Crippen molar-refractivity contribution < 1.29 is 4.79 Å². The Morgan fingerprint density at radius 3 is 2.71 bits per heavy atom. The predicted molar refractivity (Wildman–Crippen MR) is 83.7 cm³/mol. The van der Waals surface area contributed by atoms with E-state index in [-0.39, 0.29) is 18.3 Å². The lowest BCUT2D eigenvalue weighted by Crippen LogP contribution is -2.31. The van der Waals surface area contributed by atoms with Gasteiger partial charge in [0.15, 0.2) is 5.69 Å². The standard InChI is InChI=1S/C14H19N5O.ClH/c1-2-15-8-9-16-14(20)13-11-19(18-17-13)10-12-6-4-3-5-7-12;/h3-7,11,15H,2,8-10H2,1H3,(H,16,20);1H. The van der Waals surface area contributed by atoms with Gasteiger partial charge in [0.1, 0.15) is 0 Å². The number of hydrogen-bond acceptors (Lipinski definition) is 4. The van der Waals surface area contributed by atoms with Crippen molar-refractivity contribution in [2.24, 2.45) is 0 Å². The minimum absolute atomic E-state index is 0. The van der Waals surface area contributed by atoms with Crippen LogP contribution < -0.4 is 10.6 Å². The van der Waals surface area contributed by atoms with Crippen molar-refractivity contribution in [1.29, 1.82) is 0 Å². The average Bonchev–Trinajstić information content (AvgIpc) is 2.93. The van der Waals surface area contributed by atoms with Gasteiger partial charge in [0.05, 0.1) is 12.7 Å². The molecule has 0 aliphatic rings. The second-order valence-corrected chi connectivity index (χ2v) is 4.40. The Hall–Kier alpha value is -1.92. The molecule has 114 valence electrons. The maximum atomic E-state index is 11.8. The minimum Gasteiger partial charge on any atom is -0.349 e. The van der Waals surface area contributed by atoms with Gasteiger partial charge in [-0.1, -0.05) is 42.5 Å². The first kappa shape index (κ1) is 17.1. The topological polar surface area (TPSA) is 71.8 Å². The van der Waals surface area contributed by atoms with Gasteiger partial charge in [0.25, 0.3) is 5.91 Å². The Morgan fingerprint density at radius 1 is 1.24 bits per heavy atom. The number of likely N-dealkylation sites (N-methyl/N-ethyl adjacent to an activating group) is 1. The molecule has 0 saturated heterocycles. The van der Waals surface area contributed by atoms with Gasteiger partial charge in [-0.05, 0) is 12.1 Å². The number of nitrogens with one attached hydrogen (secondary N) is 2. The smallest absolute Gasteiger partial charge is 0.273 e. The molecule has 0 aliphatic heterocycles. The van der Waals surface area contributed by atoms with Crippen LogP contribution >= 0.6 is 12.4 Å². The molecule has 0 radical (unpaired) electrons. The van der Waals surface area contributed by atoms with E-state index in [0.717, 1.165) is 18.7 Å². The molecule has 1 heterocycles. The fourth-order valence-electron chi connectivity index (χ4n) is 1.78. The van der Waals surface area contributed by atoms with Crippen molar-refractivity contribution in [3.63, 3.8) is 0 Å². The van der Waals surface area contributed by atoms with Crippen molar-refractivity contribution >= 4 is 18.3 Å². The number of carbonyl (C=O) groups excluding carboxylic acids is 1. The van der Waals surface area contributed by atoms with E-state index in [0.29, 0.717) is 18.8 Å². The van der Waals surface area contributed by atoms with E-state index >= 15 is 0 Å². The third-order valence-electron chi connectivity index (χ3n) is 2.80. The first-order valence-electron chi connectivity index (χ1n) is 6.72. The molecule has 0 atom stereocenters. The number of carbonyl (C=O) groups is 1. The Kier molecular flexibility index (Phi) is 7.42. The molecule has 0 spiro atoms. The van der Waals surface area contributed by atoms with Gasteiger partial charge in [-0.3, -0.25) is 4.79 Å². The largest absolute Gasteiger partial charge is 0.349 e. The van der Waals surface area contributed by atoms with Gasteiger partial charge in [-0.2, -0.15) is 0 Å². The number of amides is 1. The summed E-state index contributed by atoms with van der Waals surface area (Å²) in [7, 11) is 0. The zero-order valence-corrected chi connectivity index (χ0v) is 12.8. The summed E-state index contributed by atoms with van der Waals surface area (Å²) in [5, 5.41) is 13.8. The zero-order chi connectivity index (χ0) is 14.2. The molecule has 0 bridgehead atoms. The summed E-state index contributed by atoms with van der Waals surface area (Å²) in [6.45, 7) is 4.86. The van der Waals surface area contributed by atoms with E-state index in [1.54, 1.807) is 10.9 Å². The summed E-state index contributed by atoms with van der Waals surface area (Å²) in [4.78, 5) is 11.8. The summed E-state index contributed by atoms with van der Waals surface area (Å²) < 4.78 is 1.66. The molecule has 2 N–H and O–H groups in total. The van der Waals surface area contributed by atoms with Crippen LogP contribution in [0.5, 0.6) is 0 Å². The average molecular weight is 310 g/mol. The maximum absolute atomic E-state index is 11.8. The summed E-state index contributed by atoms with van der Waals surface area (Å²) >= 11 is 0. The van der Waals surface area contributed by atoms with Crippen LogP contribution in [-0.2, 0) is 6.54 Å². The number of benzene rings is 1. The number of aromatic nitrogens is 3. The first-order chi connectivity index (χ1) is 9.79. The lowest BCUT2D eigenvalue weighted by Gasteiger charge is -2.02. The highest BCUT2D eigenvalue weighted by atomic mass is 35.5. The molecule has 1 amide bonds.